The molecule has 0 spiro atoms. The normalized spacial score (nSPS) is 17.6. The van der Waals surface area contributed by atoms with Crippen LogP contribution < -0.4 is 11.1 Å². The van der Waals surface area contributed by atoms with Gasteiger partial charge in [-0.1, -0.05) is 0 Å². The molecule has 1 amide bonds. The highest BCUT2D eigenvalue weighted by atomic mass is 16.2. The van der Waals surface area contributed by atoms with Crippen LogP contribution in [0.4, 0.5) is 0 Å². The van der Waals surface area contributed by atoms with E-state index in [0.717, 1.165) is 25.7 Å². The Morgan fingerprint density at radius 1 is 1.44 bits per heavy atom. The predicted octanol–water partition coefficient (Wildman–Crippen LogP) is 0.622. The Morgan fingerprint density at radius 3 is 2.69 bits per heavy atom. The average Bonchev–Trinajstić information content (AvgIpc) is 2.27. The number of aromatic nitrogens is 1. The van der Waals surface area contributed by atoms with E-state index in [-0.39, 0.29) is 5.91 Å². The molecule has 0 atom stereocenters. The molecule has 3 N–H and O–H groups in total. The van der Waals surface area contributed by atoms with Crippen molar-refractivity contribution in [2.75, 3.05) is 6.54 Å². The Balaban J connectivity index is 1.74. The van der Waals surface area contributed by atoms with Crippen LogP contribution in [0.5, 0.6) is 0 Å². The second kappa shape index (κ2) is 4.61. The number of amides is 1. The van der Waals surface area contributed by atoms with Gasteiger partial charge in [0.1, 0.15) is 0 Å². The third kappa shape index (κ3) is 2.39. The fourth-order valence-electron chi connectivity index (χ4n) is 1.83. The van der Waals surface area contributed by atoms with Gasteiger partial charge in [-0.05, 0) is 43.4 Å². The smallest absolute Gasteiger partial charge is 0.240 e. The summed E-state index contributed by atoms with van der Waals surface area (Å²) < 4.78 is 0. The summed E-state index contributed by atoms with van der Waals surface area (Å²) in [4.78, 5) is 15.6. The van der Waals surface area contributed by atoms with E-state index < -0.39 is 5.54 Å². The molecule has 1 heterocycles. The first-order chi connectivity index (χ1) is 7.71. The summed E-state index contributed by atoms with van der Waals surface area (Å²) >= 11 is 0. The van der Waals surface area contributed by atoms with Crippen LogP contribution in [0.15, 0.2) is 24.5 Å². The van der Waals surface area contributed by atoms with E-state index in [4.69, 9.17) is 5.73 Å². The third-order valence-corrected chi connectivity index (χ3v) is 3.15. The first-order valence-electron chi connectivity index (χ1n) is 5.67. The van der Waals surface area contributed by atoms with Gasteiger partial charge in [-0.15, -0.1) is 0 Å². The zero-order chi connectivity index (χ0) is 11.4. The van der Waals surface area contributed by atoms with Crippen molar-refractivity contribution >= 4 is 5.91 Å². The summed E-state index contributed by atoms with van der Waals surface area (Å²) in [5.41, 5.74) is 6.49. The van der Waals surface area contributed by atoms with Crippen LogP contribution in [0.1, 0.15) is 24.8 Å². The van der Waals surface area contributed by atoms with Crippen LogP contribution in [0.2, 0.25) is 0 Å². The largest absolute Gasteiger partial charge is 0.354 e. The van der Waals surface area contributed by atoms with Gasteiger partial charge >= 0.3 is 0 Å². The maximum Gasteiger partial charge on any atom is 0.240 e. The van der Waals surface area contributed by atoms with Crippen LogP contribution in [0.3, 0.4) is 0 Å². The number of pyridine rings is 1. The van der Waals surface area contributed by atoms with E-state index in [0.29, 0.717) is 6.54 Å². The lowest BCUT2D eigenvalue weighted by atomic mass is 9.77. The highest BCUT2D eigenvalue weighted by molar-refractivity contribution is 5.86. The first kappa shape index (κ1) is 11.1. The molecule has 0 saturated heterocycles. The van der Waals surface area contributed by atoms with Crippen LogP contribution in [-0.2, 0) is 11.2 Å². The van der Waals surface area contributed by atoms with E-state index in [1.807, 2.05) is 12.1 Å². The zero-order valence-corrected chi connectivity index (χ0v) is 9.28. The second-order valence-electron chi connectivity index (χ2n) is 4.37. The van der Waals surface area contributed by atoms with E-state index in [9.17, 15) is 4.79 Å². The molecular weight excluding hydrogens is 202 g/mol. The topological polar surface area (TPSA) is 68.0 Å². The number of nitrogens with one attached hydrogen (secondary N) is 1. The number of carbonyl (C=O) groups is 1. The summed E-state index contributed by atoms with van der Waals surface area (Å²) in [6.45, 7) is 0.641. The minimum absolute atomic E-state index is 0.00666. The second-order valence-corrected chi connectivity index (χ2v) is 4.37. The number of hydrogen-bond donors (Lipinski definition) is 2. The van der Waals surface area contributed by atoms with Gasteiger partial charge in [0.15, 0.2) is 0 Å². The van der Waals surface area contributed by atoms with Gasteiger partial charge in [0.25, 0.3) is 0 Å². The van der Waals surface area contributed by atoms with Gasteiger partial charge in [0.2, 0.25) is 5.91 Å². The number of nitrogens with zero attached hydrogens (tertiary/aromatic N) is 1. The molecule has 1 fully saturated rings. The minimum atomic E-state index is -0.585. The standard InChI is InChI=1S/C12H17N3O/c13-12(5-1-6-12)11(16)15-9-4-10-2-7-14-8-3-10/h2-3,7-8H,1,4-6,9,13H2,(H,15,16). The summed E-state index contributed by atoms with van der Waals surface area (Å²) in [6, 6.07) is 3.90. The van der Waals surface area contributed by atoms with Crippen molar-refractivity contribution in [2.45, 2.75) is 31.2 Å². The highest BCUT2D eigenvalue weighted by Gasteiger charge is 2.39. The molecule has 0 radical (unpaired) electrons. The molecular formula is C12H17N3O. The number of rotatable bonds is 4. The van der Waals surface area contributed by atoms with Crippen molar-refractivity contribution in [3.05, 3.63) is 30.1 Å². The molecule has 0 unspecified atom stereocenters. The number of hydrogen-bond acceptors (Lipinski definition) is 3. The van der Waals surface area contributed by atoms with Crippen molar-refractivity contribution < 1.29 is 4.79 Å². The highest BCUT2D eigenvalue weighted by Crippen LogP contribution is 2.28. The van der Waals surface area contributed by atoms with Crippen molar-refractivity contribution in [1.82, 2.24) is 10.3 Å². The lowest BCUT2D eigenvalue weighted by Gasteiger charge is -2.36. The molecule has 0 aliphatic heterocycles. The van der Waals surface area contributed by atoms with Crippen LogP contribution in [-0.4, -0.2) is 23.0 Å². The third-order valence-electron chi connectivity index (χ3n) is 3.15. The monoisotopic (exact) mass is 219 g/mol. The Kier molecular flexibility index (Phi) is 3.19. The minimum Gasteiger partial charge on any atom is -0.354 e. The molecule has 1 aliphatic rings. The van der Waals surface area contributed by atoms with Gasteiger partial charge in [0.05, 0.1) is 5.54 Å². The average molecular weight is 219 g/mol. The summed E-state index contributed by atoms with van der Waals surface area (Å²) in [6.07, 6.45) is 7.03. The zero-order valence-electron chi connectivity index (χ0n) is 9.28. The molecule has 1 aromatic heterocycles. The molecule has 1 saturated carbocycles. The molecule has 0 aromatic carbocycles. The van der Waals surface area contributed by atoms with Crippen molar-refractivity contribution in [3.63, 3.8) is 0 Å². The Morgan fingerprint density at radius 2 is 2.12 bits per heavy atom. The van der Waals surface area contributed by atoms with Crippen molar-refractivity contribution in [2.24, 2.45) is 5.73 Å². The molecule has 1 aromatic rings. The van der Waals surface area contributed by atoms with E-state index in [1.165, 1.54) is 5.56 Å². The van der Waals surface area contributed by atoms with Crippen molar-refractivity contribution in [1.29, 1.82) is 0 Å². The number of nitrogens with two attached hydrogens (primary N) is 1. The Hall–Kier alpha value is -1.42. The fourth-order valence-corrected chi connectivity index (χ4v) is 1.83. The van der Waals surface area contributed by atoms with Gasteiger partial charge in [-0.2, -0.15) is 0 Å². The quantitative estimate of drug-likeness (QED) is 0.780. The Labute approximate surface area is 95.3 Å². The van der Waals surface area contributed by atoms with Gasteiger partial charge in [0, 0.05) is 18.9 Å². The van der Waals surface area contributed by atoms with E-state index in [2.05, 4.69) is 10.3 Å². The summed E-state index contributed by atoms with van der Waals surface area (Å²) in [5.74, 6) is -0.00666. The molecule has 2 rings (SSSR count). The van der Waals surface area contributed by atoms with Gasteiger partial charge in [-0.3, -0.25) is 9.78 Å². The van der Waals surface area contributed by atoms with Gasteiger partial charge < -0.3 is 11.1 Å². The molecule has 4 nitrogen and oxygen atoms in total. The van der Waals surface area contributed by atoms with Crippen LogP contribution >= 0.6 is 0 Å². The van der Waals surface area contributed by atoms with Crippen LogP contribution in [0, 0.1) is 0 Å². The summed E-state index contributed by atoms with van der Waals surface area (Å²) in [5, 5.41) is 2.89. The lowest BCUT2D eigenvalue weighted by Crippen LogP contribution is -2.58. The molecule has 1 aliphatic carbocycles. The molecule has 86 valence electrons. The Bertz CT molecular complexity index is 360. The predicted molar refractivity (Wildman–Crippen MR) is 61.7 cm³/mol. The van der Waals surface area contributed by atoms with Crippen LogP contribution in [0.25, 0.3) is 0 Å². The maximum atomic E-state index is 11.7. The lowest BCUT2D eigenvalue weighted by molar-refractivity contribution is -0.129. The van der Waals surface area contributed by atoms with E-state index >= 15 is 0 Å². The van der Waals surface area contributed by atoms with Gasteiger partial charge in [-0.25, -0.2) is 0 Å². The SMILES string of the molecule is NC1(C(=O)NCCc2ccncc2)CCC1. The number of carbonyl (C=O) groups excluding carboxylic acids is 1. The van der Waals surface area contributed by atoms with E-state index in [1.54, 1.807) is 12.4 Å². The molecule has 0 bridgehead atoms. The summed E-state index contributed by atoms with van der Waals surface area (Å²) in [7, 11) is 0. The van der Waals surface area contributed by atoms with Crippen molar-refractivity contribution in [3.8, 4) is 0 Å². The molecule has 4 heteroatoms. The molecule has 16 heavy (non-hydrogen) atoms. The first-order valence-corrected chi connectivity index (χ1v) is 5.67. The fraction of sp³-hybridized carbons (Fsp3) is 0.500. The maximum absolute atomic E-state index is 11.7.